The van der Waals surface area contributed by atoms with E-state index < -0.39 is 17.6 Å². The first-order valence-electron chi connectivity index (χ1n) is 10.0. The molecule has 0 saturated heterocycles. The van der Waals surface area contributed by atoms with E-state index in [-0.39, 0.29) is 11.6 Å². The number of carbonyl (C=O) groups is 1. The Balaban J connectivity index is 1.76. The summed E-state index contributed by atoms with van der Waals surface area (Å²) in [6.45, 7) is 4.32. The number of alkyl halides is 3. The minimum Gasteiger partial charge on any atom is -0.493 e. The third kappa shape index (κ3) is 5.87. The topological polar surface area (TPSA) is 38.3 Å². The Morgan fingerprint density at radius 1 is 0.968 bits per heavy atom. The summed E-state index contributed by atoms with van der Waals surface area (Å²) < 4.78 is 45.5. The number of rotatable bonds is 7. The van der Waals surface area contributed by atoms with Crippen molar-refractivity contribution in [3.05, 3.63) is 95.1 Å². The summed E-state index contributed by atoms with van der Waals surface area (Å²) in [7, 11) is 0. The SMILES string of the molecule is CC(C)c1cc(OCCc2ccccc2)ccc1C(=O)Nc1ccccc1C(F)(F)F. The lowest BCUT2D eigenvalue weighted by atomic mass is 9.96. The zero-order valence-corrected chi connectivity index (χ0v) is 17.4. The van der Waals surface area contributed by atoms with Crippen LogP contribution in [0.25, 0.3) is 0 Å². The van der Waals surface area contributed by atoms with Crippen LogP contribution in [0.3, 0.4) is 0 Å². The van der Waals surface area contributed by atoms with Crippen LogP contribution in [-0.4, -0.2) is 12.5 Å². The van der Waals surface area contributed by atoms with Gasteiger partial charge in [-0.2, -0.15) is 13.2 Å². The third-order valence-electron chi connectivity index (χ3n) is 4.87. The first-order chi connectivity index (χ1) is 14.8. The lowest BCUT2D eigenvalue weighted by Crippen LogP contribution is -2.18. The highest BCUT2D eigenvalue weighted by Gasteiger charge is 2.33. The van der Waals surface area contributed by atoms with Gasteiger partial charge < -0.3 is 10.1 Å². The number of hydrogen-bond donors (Lipinski definition) is 1. The number of anilines is 1. The predicted molar refractivity (Wildman–Crippen MR) is 116 cm³/mol. The van der Waals surface area contributed by atoms with Gasteiger partial charge in [0.05, 0.1) is 17.9 Å². The van der Waals surface area contributed by atoms with Crippen molar-refractivity contribution in [3.63, 3.8) is 0 Å². The first kappa shape index (κ1) is 22.4. The molecule has 0 radical (unpaired) electrons. The van der Waals surface area contributed by atoms with Gasteiger partial charge in [-0.25, -0.2) is 0 Å². The van der Waals surface area contributed by atoms with Crippen molar-refractivity contribution in [2.24, 2.45) is 0 Å². The molecule has 0 aliphatic carbocycles. The van der Waals surface area contributed by atoms with Crippen molar-refractivity contribution >= 4 is 11.6 Å². The maximum atomic E-state index is 13.2. The van der Waals surface area contributed by atoms with Crippen molar-refractivity contribution in [1.82, 2.24) is 0 Å². The van der Waals surface area contributed by atoms with Crippen molar-refractivity contribution in [1.29, 1.82) is 0 Å². The molecular weight excluding hydrogens is 403 g/mol. The van der Waals surface area contributed by atoms with Gasteiger partial charge in [0.2, 0.25) is 0 Å². The molecule has 3 aromatic carbocycles. The normalized spacial score (nSPS) is 11.4. The minimum absolute atomic E-state index is 0.0173. The van der Waals surface area contributed by atoms with Crippen LogP contribution in [0.4, 0.5) is 18.9 Å². The van der Waals surface area contributed by atoms with Gasteiger partial charge in [-0.1, -0.05) is 56.3 Å². The Labute approximate surface area is 179 Å². The summed E-state index contributed by atoms with van der Waals surface area (Å²) in [6, 6.07) is 19.9. The molecule has 0 unspecified atom stereocenters. The fourth-order valence-electron chi connectivity index (χ4n) is 3.28. The van der Waals surface area contributed by atoms with E-state index in [9.17, 15) is 18.0 Å². The molecule has 0 aliphatic heterocycles. The molecule has 3 nitrogen and oxygen atoms in total. The van der Waals surface area contributed by atoms with E-state index in [1.807, 2.05) is 44.2 Å². The molecule has 0 aliphatic rings. The molecule has 3 rings (SSSR count). The molecule has 3 aromatic rings. The van der Waals surface area contributed by atoms with E-state index >= 15 is 0 Å². The number of para-hydroxylation sites is 1. The lowest BCUT2D eigenvalue weighted by molar-refractivity contribution is -0.136. The second kappa shape index (κ2) is 9.69. The molecule has 0 bridgehead atoms. The summed E-state index contributed by atoms with van der Waals surface area (Å²) in [5.74, 6) is 0.0133. The Bertz CT molecular complexity index is 1030. The van der Waals surface area contributed by atoms with Crippen LogP contribution >= 0.6 is 0 Å². The van der Waals surface area contributed by atoms with E-state index in [4.69, 9.17) is 4.74 Å². The number of carbonyl (C=O) groups excluding carboxylic acids is 1. The van der Waals surface area contributed by atoms with Gasteiger partial charge in [0.25, 0.3) is 5.91 Å². The van der Waals surface area contributed by atoms with E-state index in [1.54, 1.807) is 18.2 Å². The van der Waals surface area contributed by atoms with Crippen LogP contribution < -0.4 is 10.1 Å². The molecule has 0 atom stereocenters. The largest absolute Gasteiger partial charge is 0.493 e. The summed E-state index contributed by atoms with van der Waals surface area (Å²) in [5.41, 5.74) is 1.04. The summed E-state index contributed by atoms with van der Waals surface area (Å²) in [4.78, 5) is 12.8. The first-order valence-corrected chi connectivity index (χ1v) is 10.0. The van der Waals surface area contributed by atoms with Gasteiger partial charge in [0, 0.05) is 12.0 Å². The predicted octanol–water partition coefficient (Wildman–Crippen LogP) is 6.70. The Morgan fingerprint density at radius 2 is 1.65 bits per heavy atom. The molecule has 0 fully saturated rings. The van der Waals surface area contributed by atoms with Crippen molar-refractivity contribution < 1.29 is 22.7 Å². The number of nitrogens with one attached hydrogen (secondary N) is 1. The van der Waals surface area contributed by atoms with E-state index in [1.165, 1.54) is 18.2 Å². The van der Waals surface area contributed by atoms with E-state index in [0.717, 1.165) is 18.1 Å². The third-order valence-corrected chi connectivity index (χ3v) is 4.87. The summed E-state index contributed by atoms with van der Waals surface area (Å²) in [6.07, 6.45) is -3.81. The number of benzene rings is 3. The Kier molecular flexibility index (Phi) is 7.00. The number of halogens is 3. The minimum atomic E-state index is -4.55. The van der Waals surface area contributed by atoms with Crippen LogP contribution in [0.1, 0.15) is 46.8 Å². The van der Waals surface area contributed by atoms with Crippen molar-refractivity contribution in [2.45, 2.75) is 32.4 Å². The average Bonchev–Trinajstić information content (AvgIpc) is 2.74. The summed E-state index contributed by atoms with van der Waals surface area (Å²) >= 11 is 0. The van der Waals surface area contributed by atoms with Crippen LogP contribution in [0.5, 0.6) is 5.75 Å². The highest BCUT2D eigenvalue weighted by Crippen LogP contribution is 2.35. The van der Waals surface area contributed by atoms with E-state index in [0.29, 0.717) is 23.5 Å². The van der Waals surface area contributed by atoms with Crippen molar-refractivity contribution in [2.75, 3.05) is 11.9 Å². The molecule has 1 N–H and O–H groups in total. The number of ether oxygens (including phenoxy) is 1. The van der Waals surface area contributed by atoms with Gasteiger partial charge in [-0.05, 0) is 47.4 Å². The van der Waals surface area contributed by atoms with Crippen LogP contribution in [0.15, 0.2) is 72.8 Å². The molecular formula is C25H24F3NO2. The maximum Gasteiger partial charge on any atom is 0.418 e. The van der Waals surface area contributed by atoms with E-state index in [2.05, 4.69) is 5.32 Å². The molecule has 0 spiro atoms. The fourth-order valence-corrected chi connectivity index (χ4v) is 3.28. The monoisotopic (exact) mass is 427 g/mol. The molecule has 0 aromatic heterocycles. The fraction of sp³-hybridized carbons (Fsp3) is 0.240. The van der Waals surface area contributed by atoms with Gasteiger partial charge in [0.1, 0.15) is 5.75 Å². The molecule has 162 valence electrons. The lowest BCUT2D eigenvalue weighted by Gasteiger charge is -2.17. The Hall–Kier alpha value is -3.28. The molecule has 0 heterocycles. The van der Waals surface area contributed by atoms with Gasteiger partial charge in [-0.15, -0.1) is 0 Å². The standard InChI is InChI=1S/C25H24F3NO2/c1-17(2)21-16-19(31-15-14-18-8-4-3-5-9-18)12-13-20(21)24(30)29-23-11-7-6-10-22(23)25(26,27)28/h3-13,16-17H,14-15H2,1-2H3,(H,29,30). The van der Waals surface area contributed by atoms with Crippen LogP contribution in [0, 0.1) is 0 Å². The smallest absolute Gasteiger partial charge is 0.418 e. The van der Waals surface area contributed by atoms with Crippen LogP contribution in [0.2, 0.25) is 0 Å². The second-order valence-electron chi connectivity index (χ2n) is 7.49. The highest BCUT2D eigenvalue weighted by molar-refractivity contribution is 6.06. The molecule has 31 heavy (non-hydrogen) atoms. The number of hydrogen-bond acceptors (Lipinski definition) is 2. The van der Waals surface area contributed by atoms with Crippen molar-refractivity contribution in [3.8, 4) is 5.75 Å². The average molecular weight is 427 g/mol. The highest BCUT2D eigenvalue weighted by atomic mass is 19.4. The maximum absolute atomic E-state index is 13.2. The zero-order chi connectivity index (χ0) is 22.4. The zero-order valence-electron chi connectivity index (χ0n) is 17.4. The Morgan fingerprint density at radius 3 is 2.32 bits per heavy atom. The van der Waals surface area contributed by atoms with Gasteiger partial charge in [-0.3, -0.25) is 4.79 Å². The molecule has 0 saturated carbocycles. The van der Waals surface area contributed by atoms with Gasteiger partial charge in [0.15, 0.2) is 0 Å². The molecule has 1 amide bonds. The van der Waals surface area contributed by atoms with Crippen LogP contribution in [-0.2, 0) is 12.6 Å². The van der Waals surface area contributed by atoms with Gasteiger partial charge >= 0.3 is 6.18 Å². The quantitative estimate of drug-likeness (QED) is 0.455. The summed E-state index contributed by atoms with van der Waals surface area (Å²) in [5, 5.41) is 2.41. The number of amides is 1. The molecule has 6 heteroatoms. The second-order valence-corrected chi connectivity index (χ2v) is 7.49.